The molecule has 1 fully saturated rings. The van der Waals surface area contributed by atoms with Crippen molar-refractivity contribution >= 4 is 23.5 Å². The standard InChI is InChI=1S/C18H20OS2/c1-14-5-2-3-6-16(14)13-19-17-9-7-15(8-10-17)18-20-11-4-12-21-18/h2-3,5-10,18H,4,11-13H2,1H3. The lowest BCUT2D eigenvalue weighted by atomic mass is 10.1. The van der Waals surface area contributed by atoms with Crippen LogP contribution < -0.4 is 4.74 Å². The van der Waals surface area contributed by atoms with Crippen LogP contribution in [0.25, 0.3) is 0 Å². The van der Waals surface area contributed by atoms with Crippen LogP contribution in [0, 0.1) is 6.92 Å². The number of thioether (sulfide) groups is 2. The molecule has 0 bridgehead atoms. The normalized spacial score (nSPS) is 15.9. The molecular formula is C18H20OS2. The molecule has 0 N–H and O–H groups in total. The van der Waals surface area contributed by atoms with Crippen LogP contribution in [0.2, 0.25) is 0 Å². The van der Waals surface area contributed by atoms with Gasteiger partial charge in [0.25, 0.3) is 0 Å². The van der Waals surface area contributed by atoms with Crippen LogP contribution in [-0.2, 0) is 6.61 Å². The summed E-state index contributed by atoms with van der Waals surface area (Å²) in [5.41, 5.74) is 3.94. The Morgan fingerprint density at radius 1 is 1.00 bits per heavy atom. The van der Waals surface area contributed by atoms with Crippen LogP contribution in [0.15, 0.2) is 48.5 Å². The van der Waals surface area contributed by atoms with Crippen LogP contribution in [-0.4, -0.2) is 11.5 Å². The molecule has 21 heavy (non-hydrogen) atoms. The average Bonchev–Trinajstić information content (AvgIpc) is 2.55. The molecule has 1 heterocycles. The van der Waals surface area contributed by atoms with Crippen LogP contribution in [0.1, 0.15) is 27.7 Å². The van der Waals surface area contributed by atoms with E-state index in [1.165, 1.54) is 34.6 Å². The van der Waals surface area contributed by atoms with Gasteiger partial charge in [-0.3, -0.25) is 0 Å². The zero-order chi connectivity index (χ0) is 14.5. The summed E-state index contributed by atoms with van der Waals surface area (Å²) < 4.78 is 6.50. The van der Waals surface area contributed by atoms with Crippen molar-refractivity contribution in [1.29, 1.82) is 0 Å². The van der Waals surface area contributed by atoms with Gasteiger partial charge in [0.15, 0.2) is 0 Å². The molecule has 1 aliphatic heterocycles. The van der Waals surface area contributed by atoms with Crippen molar-refractivity contribution in [2.75, 3.05) is 11.5 Å². The average molecular weight is 316 g/mol. The summed E-state index contributed by atoms with van der Waals surface area (Å²) in [7, 11) is 0. The summed E-state index contributed by atoms with van der Waals surface area (Å²) in [5.74, 6) is 3.51. The molecule has 110 valence electrons. The van der Waals surface area contributed by atoms with Crippen LogP contribution >= 0.6 is 23.5 Å². The molecule has 0 aliphatic carbocycles. The molecule has 2 aromatic carbocycles. The fourth-order valence-electron chi connectivity index (χ4n) is 2.33. The summed E-state index contributed by atoms with van der Waals surface area (Å²) in [6.07, 6.45) is 1.34. The Bertz CT molecular complexity index is 574. The molecule has 3 heteroatoms. The van der Waals surface area contributed by atoms with Gasteiger partial charge in [0.2, 0.25) is 0 Å². The molecule has 1 nitrogen and oxygen atoms in total. The minimum Gasteiger partial charge on any atom is -0.489 e. The topological polar surface area (TPSA) is 9.23 Å². The number of aryl methyl sites for hydroxylation is 1. The van der Waals surface area contributed by atoms with Gasteiger partial charge in [-0.2, -0.15) is 0 Å². The first kappa shape index (κ1) is 14.9. The van der Waals surface area contributed by atoms with Gasteiger partial charge in [0, 0.05) is 0 Å². The first-order valence-electron chi connectivity index (χ1n) is 7.33. The minimum absolute atomic E-state index is 0.601. The molecular weight excluding hydrogens is 296 g/mol. The first-order chi connectivity index (χ1) is 10.3. The quantitative estimate of drug-likeness (QED) is 0.743. The van der Waals surface area contributed by atoms with Crippen molar-refractivity contribution in [3.63, 3.8) is 0 Å². The van der Waals surface area contributed by atoms with E-state index in [9.17, 15) is 0 Å². The van der Waals surface area contributed by atoms with Crippen molar-refractivity contribution < 1.29 is 4.74 Å². The van der Waals surface area contributed by atoms with Gasteiger partial charge < -0.3 is 4.74 Å². The lowest BCUT2D eigenvalue weighted by Crippen LogP contribution is -2.01. The van der Waals surface area contributed by atoms with Gasteiger partial charge in [-0.05, 0) is 53.7 Å². The molecule has 2 aromatic rings. The molecule has 1 saturated heterocycles. The Morgan fingerprint density at radius 2 is 1.71 bits per heavy atom. The Balaban J connectivity index is 1.60. The van der Waals surface area contributed by atoms with Gasteiger partial charge in [0.1, 0.15) is 12.4 Å². The summed E-state index contributed by atoms with van der Waals surface area (Å²) in [6, 6.07) is 17.0. The van der Waals surface area contributed by atoms with Crippen LogP contribution in [0.5, 0.6) is 5.75 Å². The summed E-state index contributed by atoms with van der Waals surface area (Å²) in [4.78, 5) is 0. The molecule has 0 atom stereocenters. The third-order valence-corrected chi connectivity index (χ3v) is 6.65. The smallest absolute Gasteiger partial charge is 0.119 e. The third-order valence-electron chi connectivity index (χ3n) is 3.63. The Morgan fingerprint density at radius 3 is 2.43 bits per heavy atom. The maximum absolute atomic E-state index is 5.90. The Labute approximate surface area is 135 Å². The fraction of sp³-hybridized carbons (Fsp3) is 0.333. The van der Waals surface area contributed by atoms with Crippen LogP contribution in [0.4, 0.5) is 0 Å². The lowest BCUT2D eigenvalue weighted by molar-refractivity contribution is 0.305. The largest absolute Gasteiger partial charge is 0.489 e. The van der Waals surface area contributed by atoms with Gasteiger partial charge in [-0.1, -0.05) is 36.4 Å². The lowest BCUT2D eigenvalue weighted by Gasteiger charge is -2.21. The number of ether oxygens (including phenoxy) is 1. The van der Waals surface area contributed by atoms with Crippen molar-refractivity contribution in [1.82, 2.24) is 0 Å². The fourth-order valence-corrected chi connectivity index (χ4v) is 5.23. The molecule has 0 saturated carbocycles. The molecule has 0 aromatic heterocycles. The second kappa shape index (κ2) is 7.28. The minimum atomic E-state index is 0.601. The van der Waals surface area contributed by atoms with E-state index in [4.69, 9.17) is 4.74 Å². The molecule has 3 rings (SSSR count). The second-order valence-electron chi connectivity index (χ2n) is 5.21. The monoisotopic (exact) mass is 316 g/mol. The van der Waals surface area contributed by atoms with E-state index in [0.717, 1.165) is 5.75 Å². The van der Waals surface area contributed by atoms with E-state index in [-0.39, 0.29) is 0 Å². The SMILES string of the molecule is Cc1ccccc1COc1ccc(C2SCCCS2)cc1. The van der Waals surface area contributed by atoms with Crippen LogP contribution in [0.3, 0.4) is 0 Å². The summed E-state index contributed by atoms with van der Waals surface area (Å²) in [6.45, 7) is 2.76. The number of rotatable bonds is 4. The highest BCUT2D eigenvalue weighted by Gasteiger charge is 2.16. The van der Waals surface area contributed by atoms with E-state index in [1.54, 1.807) is 0 Å². The predicted molar refractivity (Wildman–Crippen MR) is 94.2 cm³/mol. The molecule has 0 amide bonds. The third kappa shape index (κ3) is 3.98. The van der Waals surface area contributed by atoms with Gasteiger partial charge >= 0.3 is 0 Å². The van der Waals surface area contributed by atoms with E-state index in [1.807, 2.05) is 0 Å². The Kier molecular flexibility index (Phi) is 5.15. The highest BCUT2D eigenvalue weighted by Crippen LogP contribution is 2.43. The zero-order valence-electron chi connectivity index (χ0n) is 12.2. The predicted octanol–water partition coefficient (Wildman–Crippen LogP) is 5.44. The van der Waals surface area contributed by atoms with Crippen molar-refractivity contribution in [2.45, 2.75) is 24.5 Å². The summed E-state index contributed by atoms with van der Waals surface area (Å²) >= 11 is 4.11. The number of hydrogen-bond donors (Lipinski definition) is 0. The summed E-state index contributed by atoms with van der Waals surface area (Å²) in [5, 5.41) is 0. The second-order valence-corrected chi connectivity index (χ2v) is 7.94. The number of hydrogen-bond acceptors (Lipinski definition) is 3. The highest BCUT2D eigenvalue weighted by molar-refractivity contribution is 8.16. The van der Waals surface area contributed by atoms with Gasteiger partial charge in [-0.25, -0.2) is 0 Å². The zero-order valence-corrected chi connectivity index (χ0v) is 13.9. The van der Waals surface area contributed by atoms with Crippen molar-refractivity contribution in [3.8, 4) is 5.75 Å². The molecule has 0 spiro atoms. The van der Waals surface area contributed by atoms with E-state index >= 15 is 0 Å². The number of benzene rings is 2. The molecule has 0 unspecified atom stereocenters. The van der Waals surface area contributed by atoms with E-state index < -0.39 is 0 Å². The van der Waals surface area contributed by atoms with Gasteiger partial charge in [0.05, 0.1) is 4.58 Å². The van der Waals surface area contributed by atoms with E-state index in [2.05, 4.69) is 79.0 Å². The molecule has 1 aliphatic rings. The highest BCUT2D eigenvalue weighted by atomic mass is 32.2. The van der Waals surface area contributed by atoms with E-state index in [0.29, 0.717) is 11.2 Å². The first-order valence-corrected chi connectivity index (χ1v) is 9.43. The maximum Gasteiger partial charge on any atom is 0.119 e. The Hall–Kier alpha value is -1.06. The maximum atomic E-state index is 5.90. The van der Waals surface area contributed by atoms with Crippen molar-refractivity contribution in [2.24, 2.45) is 0 Å². The molecule has 0 radical (unpaired) electrons. The van der Waals surface area contributed by atoms with Crippen molar-refractivity contribution in [3.05, 3.63) is 65.2 Å². The van der Waals surface area contributed by atoms with Gasteiger partial charge in [-0.15, -0.1) is 23.5 Å².